The number of aliphatic hydroxyl groups excluding tert-OH is 1. The van der Waals surface area contributed by atoms with Crippen LogP contribution in [0.25, 0.3) is 0 Å². The number of pyridine rings is 1. The fraction of sp³-hybridized carbons (Fsp3) is 0.500. The minimum atomic E-state index is -0.277. The highest BCUT2D eigenvalue weighted by molar-refractivity contribution is 7.59. The molecule has 11 heteroatoms. The van der Waals surface area contributed by atoms with Crippen LogP contribution >= 0.6 is 13.5 Å². The lowest BCUT2D eigenvalue weighted by Crippen LogP contribution is -2.22. The maximum atomic E-state index is 11.4. The predicted molar refractivity (Wildman–Crippen MR) is 122 cm³/mol. The molecule has 2 rings (SSSR count). The van der Waals surface area contributed by atoms with Crippen LogP contribution in [0.5, 0.6) is 17.2 Å². The average molecular weight is 454 g/mol. The van der Waals surface area contributed by atoms with Crippen LogP contribution in [0.1, 0.15) is 38.8 Å². The third kappa shape index (κ3) is 7.76. The number of aliphatic hydroxyl groups is 1. The van der Waals surface area contributed by atoms with Gasteiger partial charge in [-0.1, -0.05) is 13.3 Å². The first-order valence-electron chi connectivity index (χ1n) is 9.73. The molecule has 1 amide bonds. The van der Waals surface area contributed by atoms with E-state index in [0.717, 1.165) is 12.8 Å². The summed E-state index contributed by atoms with van der Waals surface area (Å²) in [5.41, 5.74) is 0.550. The molecular formula is C20H31N5O5S. The zero-order valence-corrected chi connectivity index (χ0v) is 19.3. The molecule has 0 aliphatic heterocycles. The summed E-state index contributed by atoms with van der Waals surface area (Å²) in [4.78, 5) is 24.2. The van der Waals surface area contributed by atoms with Crippen molar-refractivity contribution < 1.29 is 24.1 Å². The molecule has 1 atom stereocenters. The smallest absolute Gasteiger partial charge is 0.231 e. The molecule has 0 saturated carbocycles. The van der Waals surface area contributed by atoms with Crippen LogP contribution in [0.4, 0.5) is 11.8 Å². The number of amides is 1. The van der Waals surface area contributed by atoms with Crippen molar-refractivity contribution in [2.24, 2.45) is 0 Å². The van der Waals surface area contributed by atoms with Crippen molar-refractivity contribution in [1.29, 1.82) is 0 Å². The van der Waals surface area contributed by atoms with Crippen LogP contribution in [0.3, 0.4) is 0 Å². The van der Waals surface area contributed by atoms with Crippen LogP contribution in [0.15, 0.2) is 18.5 Å². The van der Waals surface area contributed by atoms with Crippen LogP contribution in [0.2, 0.25) is 0 Å². The normalized spacial score (nSPS) is 11.1. The van der Waals surface area contributed by atoms with Gasteiger partial charge in [-0.15, -0.1) is 0 Å². The number of nitrogens with one attached hydrogen (secondary N) is 2. The molecule has 2 aromatic rings. The second-order valence-electron chi connectivity index (χ2n) is 6.51. The third-order valence-electron chi connectivity index (χ3n) is 4.23. The fourth-order valence-electron chi connectivity index (χ4n) is 2.88. The Balaban J connectivity index is 0.00000480. The van der Waals surface area contributed by atoms with Gasteiger partial charge < -0.3 is 24.6 Å². The summed E-state index contributed by atoms with van der Waals surface area (Å²) < 4.78 is 16.6. The van der Waals surface area contributed by atoms with Gasteiger partial charge in [0, 0.05) is 31.8 Å². The van der Waals surface area contributed by atoms with Gasteiger partial charge in [-0.3, -0.25) is 15.1 Å². The Morgan fingerprint density at radius 3 is 2.58 bits per heavy atom. The second-order valence-corrected chi connectivity index (χ2v) is 6.51. The zero-order valence-electron chi connectivity index (χ0n) is 18.3. The summed E-state index contributed by atoms with van der Waals surface area (Å²) in [7, 11) is 3.08. The summed E-state index contributed by atoms with van der Waals surface area (Å²) in [6.45, 7) is 3.58. The molecule has 172 valence electrons. The van der Waals surface area contributed by atoms with Crippen molar-refractivity contribution in [3.05, 3.63) is 24.2 Å². The molecule has 0 saturated heterocycles. The zero-order chi connectivity index (χ0) is 21.9. The number of anilines is 2. The molecule has 0 bridgehead atoms. The topological polar surface area (TPSA) is 128 Å². The van der Waals surface area contributed by atoms with E-state index in [1.54, 1.807) is 19.4 Å². The Labute approximate surface area is 189 Å². The number of hydrogen-bond donors (Lipinski definition) is 3. The van der Waals surface area contributed by atoms with Gasteiger partial charge >= 0.3 is 0 Å². The van der Waals surface area contributed by atoms with E-state index in [1.165, 1.54) is 20.2 Å². The largest absolute Gasteiger partial charge is 0.493 e. The van der Waals surface area contributed by atoms with E-state index in [1.807, 2.05) is 0 Å². The molecule has 0 aromatic carbocycles. The molecule has 0 unspecified atom stereocenters. The van der Waals surface area contributed by atoms with E-state index in [-0.39, 0.29) is 44.6 Å². The number of nitrogens with zero attached hydrogens (tertiary/aromatic N) is 3. The Bertz CT molecular complexity index is 834. The highest BCUT2D eigenvalue weighted by Crippen LogP contribution is 2.31. The molecule has 31 heavy (non-hydrogen) atoms. The van der Waals surface area contributed by atoms with Crippen LogP contribution in [0, 0.1) is 0 Å². The first-order valence-corrected chi connectivity index (χ1v) is 9.73. The molecule has 0 radical (unpaired) electrons. The fourth-order valence-corrected chi connectivity index (χ4v) is 2.88. The second kappa shape index (κ2) is 13.5. The number of aromatic nitrogens is 3. The highest BCUT2D eigenvalue weighted by Gasteiger charge is 2.17. The van der Waals surface area contributed by atoms with E-state index >= 15 is 0 Å². The van der Waals surface area contributed by atoms with Crippen molar-refractivity contribution in [3.63, 3.8) is 0 Å². The minimum Gasteiger partial charge on any atom is -0.493 e. The van der Waals surface area contributed by atoms with Gasteiger partial charge in [-0.25, -0.2) is 4.98 Å². The molecule has 0 aliphatic rings. The maximum absolute atomic E-state index is 11.4. The number of ether oxygens (including phenoxy) is 3. The van der Waals surface area contributed by atoms with Crippen LogP contribution < -0.4 is 24.8 Å². The van der Waals surface area contributed by atoms with Gasteiger partial charge in [0.25, 0.3) is 0 Å². The number of rotatable bonds is 12. The molecule has 3 N–H and O–H groups in total. The number of carbonyl (C=O) groups excluding carboxylic acids is 1. The molecule has 10 nitrogen and oxygen atoms in total. The van der Waals surface area contributed by atoms with Crippen molar-refractivity contribution in [2.75, 3.05) is 31.5 Å². The van der Waals surface area contributed by atoms with Gasteiger partial charge in [-0.2, -0.15) is 18.5 Å². The predicted octanol–water partition coefficient (Wildman–Crippen LogP) is 2.50. The van der Waals surface area contributed by atoms with Gasteiger partial charge in [0.05, 0.1) is 20.4 Å². The van der Waals surface area contributed by atoms with E-state index < -0.39 is 0 Å². The summed E-state index contributed by atoms with van der Waals surface area (Å²) in [6.07, 6.45) is 5.41. The molecule has 0 spiro atoms. The monoisotopic (exact) mass is 453 g/mol. The molecular weight excluding hydrogens is 422 g/mol. The van der Waals surface area contributed by atoms with Crippen LogP contribution in [-0.2, 0) is 11.4 Å². The highest BCUT2D eigenvalue weighted by atomic mass is 32.1. The van der Waals surface area contributed by atoms with Crippen molar-refractivity contribution in [2.45, 2.75) is 45.8 Å². The van der Waals surface area contributed by atoms with Gasteiger partial charge in [-0.05, 0) is 12.8 Å². The van der Waals surface area contributed by atoms with Gasteiger partial charge in [0.2, 0.25) is 11.9 Å². The lowest BCUT2D eigenvalue weighted by Gasteiger charge is -2.20. The maximum Gasteiger partial charge on any atom is 0.231 e. The van der Waals surface area contributed by atoms with E-state index in [4.69, 9.17) is 14.2 Å². The summed E-state index contributed by atoms with van der Waals surface area (Å²) in [5.74, 6) is 1.72. The summed E-state index contributed by atoms with van der Waals surface area (Å²) >= 11 is 0. The van der Waals surface area contributed by atoms with Crippen molar-refractivity contribution >= 4 is 31.2 Å². The Morgan fingerprint density at radius 2 is 1.97 bits per heavy atom. The lowest BCUT2D eigenvalue weighted by molar-refractivity contribution is -0.114. The Hall–Kier alpha value is -2.79. The van der Waals surface area contributed by atoms with E-state index in [9.17, 15) is 9.90 Å². The lowest BCUT2D eigenvalue weighted by atomic mass is 10.1. The third-order valence-corrected chi connectivity index (χ3v) is 4.23. The summed E-state index contributed by atoms with van der Waals surface area (Å²) in [5, 5.41) is 15.2. The molecule has 2 aromatic heterocycles. The first kappa shape index (κ1) is 26.2. The minimum absolute atomic E-state index is 0. The average Bonchev–Trinajstić information content (AvgIpc) is 2.72. The van der Waals surface area contributed by atoms with Gasteiger partial charge in [0.15, 0.2) is 23.1 Å². The standard InChI is InChI=1S/C20H29N5O5.H2S/c1-5-6-14(8-10-26)24-19-17(11-22-20(25-19)23-13(2)27)30-12-15-18(29-4)16(28-3)7-9-21-15;/h7,9,11,14,26H,5-6,8,10,12H2,1-4H3,(H2,22,23,24,25,27);1H2/t14-;/m0./s1. The quantitative estimate of drug-likeness (QED) is 0.444. The van der Waals surface area contributed by atoms with E-state index in [0.29, 0.717) is 35.2 Å². The first-order chi connectivity index (χ1) is 14.5. The van der Waals surface area contributed by atoms with Crippen molar-refractivity contribution in [1.82, 2.24) is 15.0 Å². The number of methoxy groups -OCH3 is 2. The number of carbonyl (C=O) groups is 1. The molecule has 0 aliphatic carbocycles. The summed E-state index contributed by atoms with van der Waals surface area (Å²) in [6, 6.07) is 1.69. The SMILES string of the molecule is CCC[C@@H](CCO)Nc1nc(NC(C)=O)ncc1OCc1nccc(OC)c1OC.S. The molecule has 0 fully saturated rings. The Kier molecular flexibility index (Phi) is 11.4. The Morgan fingerprint density at radius 1 is 1.19 bits per heavy atom. The van der Waals surface area contributed by atoms with E-state index in [2.05, 4.69) is 32.5 Å². The number of hydrogen-bond acceptors (Lipinski definition) is 9. The van der Waals surface area contributed by atoms with Gasteiger partial charge in [0.1, 0.15) is 12.3 Å². The van der Waals surface area contributed by atoms with Crippen LogP contribution in [-0.4, -0.2) is 52.8 Å². The molecule has 2 heterocycles. The van der Waals surface area contributed by atoms with Crippen molar-refractivity contribution in [3.8, 4) is 17.2 Å².